The first kappa shape index (κ1) is 12.5. The molecule has 0 atom stereocenters. The molecule has 0 bridgehead atoms. The molecule has 2 aromatic rings. The highest BCUT2D eigenvalue weighted by Gasteiger charge is 2.17. The molecular weight excluding hydrogens is 311 g/mol. The van der Waals surface area contributed by atoms with Gasteiger partial charge >= 0.3 is 0 Å². The van der Waals surface area contributed by atoms with E-state index < -0.39 is 0 Å². The SMILES string of the molecule is Fc1ccc(Br)c(Oc2ncnc3c2CCCC3)c1. The second-order valence-corrected chi connectivity index (χ2v) is 5.34. The number of aromatic nitrogens is 2. The highest BCUT2D eigenvalue weighted by molar-refractivity contribution is 9.10. The molecule has 5 heteroatoms. The average molecular weight is 323 g/mol. The summed E-state index contributed by atoms with van der Waals surface area (Å²) in [5, 5.41) is 0. The van der Waals surface area contributed by atoms with Crippen molar-refractivity contribution in [3.63, 3.8) is 0 Å². The summed E-state index contributed by atoms with van der Waals surface area (Å²) in [6.45, 7) is 0. The van der Waals surface area contributed by atoms with Gasteiger partial charge in [-0.15, -0.1) is 0 Å². The highest BCUT2D eigenvalue weighted by atomic mass is 79.9. The number of ether oxygens (including phenoxy) is 1. The van der Waals surface area contributed by atoms with Gasteiger partial charge < -0.3 is 4.74 Å². The second-order valence-electron chi connectivity index (χ2n) is 4.49. The van der Waals surface area contributed by atoms with Gasteiger partial charge in [-0.05, 0) is 53.7 Å². The van der Waals surface area contributed by atoms with Crippen molar-refractivity contribution >= 4 is 15.9 Å². The van der Waals surface area contributed by atoms with E-state index in [2.05, 4.69) is 25.9 Å². The lowest BCUT2D eigenvalue weighted by Crippen LogP contribution is -2.08. The van der Waals surface area contributed by atoms with Crippen molar-refractivity contribution in [1.29, 1.82) is 0 Å². The maximum Gasteiger partial charge on any atom is 0.225 e. The molecule has 1 aliphatic rings. The van der Waals surface area contributed by atoms with E-state index in [1.54, 1.807) is 6.07 Å². The zero-order chi connectivity index (χ0) is 13.2. The summed E-state index contributed by atoms with van der Waals surface area (Å²) in [5.41, 5.74) is 2.09. The topological polar surface area (TPSA) is 35.0 Å². The van der Waals surface area contributed by atoms with Crippen molar-refractivity contribution in [2.45, 2.75) is 25.7 Å². The number of hydrogen-bond acceptors (Lipinski definition) is 3. The molecule has 0 amide bonds. The van der Waals surface area contributed by atoms with Crippen LogP contribution in [-0.4, -0.2) is 9.97 Å². The Balaban J connectivity index is 1.97. The third kappa shape index (κ3) is 2.61. The molecule has 1 aromatic carbocycles. The molecule has 0 unspecified atom stereocenters. The van der Waals surface area contributed by atoms with Crippen molar-refractivity contribution in [2.24, 2.45) is 0 Å². The molecule has 3 nitrogen and oxygen atoms in total. The third-order valence-corrected chi connectivity index (χ3v) is 3.84. The van der Waals surface area contributed by atoms with Crippen LogP contribution in [0.4, 0.5) is 4.39 Å². The number of aryl methyl sites for hydroxylation is 1. The van der Waals surface area contributed by atoms with E-state index in [4.69, 9.17) is 4.74 Å². The van der Waals surface area contributed by atoms with Crippen LogP contribution in [0.1, 0.15) is 24.1 Å². The Hall–Kier alpha value is -1.49. The smallest absolute Gasteiger partial charge is 0.225 e. The van der Waals surface area contributed by atoms with Crippen LogP contribution in [0.3, 0.4) is 0 Å². The minimum Gasteiger partial charge on any atom is -0.437 e. The van der Waals surface area contributed by atoms with Gasteiger partial charge in [0, 0.05) is 11.6 Å². The van der Waals surface area contributed by atoms with Crippen LogP contribution in [0.25, 0.3) is 0 Å². The van der Waals surface area contributed by atoms with E-state index in [9.17, 15) is 4.39 Å². The molecular formula is C14H12BrFN2O. The number of fused-ring (bicyclic) bond motifs is 1. The van der Waals surface area contributed by atoms with E-state index in [0.29, 0.717) is 16.1 Å². The molecule has 0 spiro atoms. The third-order valence-electron chi connectivity index (χ3n) is 3.19. The van der Waals surface area contributed by atoms with Crippen LogP contribution >= 0.6 is 15.9 Å². The lowest BCUT2D eigenvalue weighted by Gasteiger charge is -2.17. The molecule has 0 fully saturated rings. The standard InChI is InChI=1S/C14H12BrFN2O/c15-11-6-5-9(16)7-13(11)19-14-10-3-1-2-4-12(10)17-8-18-14/h5-8H,1-4H2. The maximum atomic E-state index is 13.3. The lowest BCUT2D eigenvalue weighted by molar-refractivity contribution is 0.440. The van der Waals surface area contributed by atoms with Gasteiger partial charge in [-0.3, -0.25) is 0 Å². The molecule has 0 aliphatic heterocycles. The average Bonchev–Trinajstić information content (AvgIpc) is 2.43. The number of benzene rings is 1. The molecule has 1 aliphatic carbocycles. The quantitative estimate of drug-likeness (QED) is 0.836. The molecule has 0 saturated heterocycles. The summed E-state index contributed by atoms with van der Waals surface area (Å²) in [6.07, 6.45) is 5.64. The van der Waals surface area contributed by atoms with Gasteiger partial charge in [-0.25, -0.2) is 14.4 Å². The fourth-order valence-corrected chi connectivity index (χ4v) is 2.57. The van der Waals surface area contributed by atoms with Gasteiger partial charge in [0.1, 0.15) is 17.9 Å². The van der Waals surface area contributed by atoms with E-state index in [1.807, 2.05) is 0 Å². The fourth-order valence-electron chi connectivity index (χ4n) is 2.24. The molecule has 3 rings (SSSR count). The van der Waals surface area contributed by atoms with E-state index in [-0.39, 0.29) is 5.82 Å². The molecule has 0 saturated carbocycles. The Labute approximate surface area is 119 Å². The largest absolute Gasteiger partial charge is 0.437 e. The first-order valence-electron chi connectivity index (χ1n) is 6.19. The molecule has 98 valence electrons. The Morgan fingerprint density at radius 3 is 2.89 bits per heavy atom. The monoisotopic (exact) mass is 322 g/mol. The Bertz CT molecular complexity index is 618. The van der Waals surface area contributed by atoms with E-state index >= 15 is 0 Å². The minimum atomic E-state index is -0.332. The second kappa shape index (κ2) is 5.25. The number of rotatable bonds is 2. The Kier molecular flexibility index (Phi) is 3.46. The van der Waals surface area contributed by atoms with Crippen molar-refractivity contribution in [3.8, 4) is 11.6 Å². The number of hydrogen-bond donors (Lipinski definition) is 0. The molecule has 0 N–H and O–H groups in total. The summed E-state index contributed by atoms with van der Waals surface area (Å²) < 4.78 is 19.7. The molecule has 19 heavy (non-hydrogen) atoms. The summed E-state index contributed by atoms with van der Waals surface area (Å²) in [7, 11) is 0. The van der Waals surface area contributed by atoms with Crippen molar-refractivity contribution in [3.05, 3.63) is 46.1 Å². The summed E-state index contributed by atoms with van der Waals surface area (Å²) in [4.78, 5) is 8.47. The molecule has 1 heterocycles. The summed E-state index contributed by atoms with van der Waals surface area (Å²) >= 11 is 3.35. The summed E-state index contributed by atoms with van der Waals surface area (Å²) in [6, 6.07) is 4.35. The van der Waals surface area contributed by atoms with Crippen LogP contribution in [0.5, 0.6) is 11.6 Å². The first-order chi connectivity index (χ1) is 9.24. The van der Waals surface area contributed by atoms with Gasteiger partial charge in [0.25, 0.3) is 0 Å². The predicted molar refractivity (Wildman–Crippen MR) is 72.8 cm³/mol. The zero-order valence-electron chi connectivity index (χ0n) is 10.2. The predicted octanol–water partition coefficient (Wildman–Crippen LogP) is 4.05. The van der Waals surface area contributed by atoms with Gasteiger partial charge in [0.15, 0.2) is 0 Å². The van der Waals surface area contributed by atoms with Gasteiger partial charge in [0.2, 0.25) is 5.88 Å². The molecule has 0 radical (unpaired) electrons. The Morgan fingerprint density at radius 1 is 1.16 bits per heavy atom. The van der Waals surface area contributed by atoms with Crippen molar-refractivity contribution in [2.75, 3.05) is 0 Å². The Morgan fingerprint density at radius 2 is 2.00 bits per heavy atom. The van der Waals surface area contributed by atoms with Gasteiger partial charge in [-0.1, -0.05) is 0 Å². The van der Waals surface area contributed by atoms with Crippen LogP contribution < -0.4 is 4.74 Å². The van der Waals surface area contributed by atoms with E-state index in [1.165, 1.54) is 18.5 Å². The first-order valence-corrected chi connectivity index (χ1v) is 6.99. The van der Waals surface area contributed by atoms with Crippen LogP contribution in [0.15, 0.2) is 29.0 Å². The van der Waals surface area contributed by atoms with E-state index in [0.717, 1.165) is 36.9 Å². The van der Waals surface area contributed by atoms with Crippen LogP contribution in [0, 0.1) is 5.82 Å². The minimum absolute atomic E-state index is 0.332. The highest BCUT2D eigenvalue weighted by Crippen LogP contribution is 2.33. The lowest BCUT2D eigenvalue weighted by atomic mass is 9.97. The van der Waals surface area contributed by atoms with Crippen molar-refractivity contribution < 1.29 is 9.13 Å². The van der Waals surface area contributed by atoms with Crippen LogP contribution in [0.2, 0.25) is 0 Å². The maximum absolute atomic E-state index is 13.3. The summed E-state index contributed by atoms with van der Waals surface area (Å²) in [5.74, 6) is 0.642. The fraction of sp³-hybridized carbons (Fsp3) is 0.286. The number of halogens is 2. The van der Waals surface area contributed by atoms with Gasteiger partial charge in [-0.2, -0.15) is 0 Å². The normalized spacial score (nSPS) is 14.0. The number of nitrogens with zero attached hydrogens (tertiary/aromatic N) is 2. The zero-order valence-corrected chi connectivity index (χ0v) is 11.8. The van der Waals surface area contributed by atoms with Gasteiger partial charge in [0.05, 0.1) is 10.2 Å². The van der Waals surface area contributed by atoms with Crippen molar-refractivity contribution in [1.82, 2.24) is 9.97 Å². The van der Waals surface area contributed by atoms with Crippen LogP contribution in [-0.2, 0) is 12.8 Å². The molecule has 1 aromatic heterocycles.